The molecule has 1 amide bonds. The average molecular weight is 441 g/mol. The zero-order valence-electron chi connectivity index (χ0n) is 18.7. The number of benzene rings is 1. The molecule has 4 rings (SSSR count). The highest BCUT2D eigenvalue weighted by Crippen LogP contribution is 2.32. The first-order chi connectivity index (χ1) is 15.0. The molecule has 8 heteroatoms. The molecule has 0 saturated carbocycles. The number of amides is 1. The molecule has 3 heterocycles. The number of thiazole rings is 1. The summed E-state index contributed by atoms with van der Waals surface area (Å²) in [4.78, 5) is 21.7. The summed E-state index contributed by atoms with van der Waals surface area (Å²) in [6.45, 7) is 8.32. The minimum absolute atomic E-state index is 0.0358. The molecule has 1 fully saturated rings. The Balaban J connectivity index is 1.38. The number of likely N-dealkylation sites (tertiary alicyclic amines) is 1. The van der Waals surface area contributed by atoms with Crippen LogP contribution in [0.1, 0.15) is 36.9 Å². The van der Waals surface area contributed by atoms with Crippen molar-refractivity contribution in [3.63, 3.8) is 0 Å². The zero-order valence-corrected chi connectivity index (χ0v) is 19.5. The fourth-order valence-electron chi connectivity index (χ4n) is 4.08. The Hall–Kier alpha value is -2.45. The minimum atomic E-state index is 0.0358. The van der Waals surface area contributed by atoms with Gasteiger partial charge in [-0.1, -0.05) is 36.3 Å². The molecule has 3 aromatic rings. The number of carbonyl (C=O) groups is 1. The van der Waals surface area contributed by atoms with Crippen LogP contribution in [0.3, 0.4) is 0 Å². The maximum atomic E-state index is 12.5. The monoisotopic (exact) mass is 440 g/mol. The highest BCUT2D eigenvalue weighted by atomic mass is 32.1. The molecule has 1 aromatic carbocycles. The van der Waals surface area contributed by atoms with Crippen LogP contribution in [0, 0.1) is 13.8 Å². The summed E-state index contributed by atoms with van der Waals surface area (Å²) in [5, 5.41) is 8.58. The predicted molar refractivity (Wildman–Crippen MR) is 127 cm³/mol. The van der Waals surface area contributed by atoms with Crippen LogP contribution in [0.2, 0.25) is 0 Å². The van der Waals surface area contributed by atoms with E-state index >= 15 is 0 Å². The lowest BCUT2D eigenvalue weighted by atomic mass is 10.2. The maximum Gasteiger partial charge on any atom is 0.239 e. The van der Waals surface area contributed by atoms with Crippen molar-refractivity contribution in [1.29, 1.82) is 0 Å². The normalized spacial score (nSPS) is 15.2. The first-order valence-electron chi connectivity index (χ1n) is 11.1. The molecule has 1 aliphatic rings. The molecule has 1 aliphatic heterocycles. The molecule has 0 spiro atoms. The third-order valence-electron chi connectivity index (χ3n) is 5.78. The third-order valence-corrected chi connectivity index (χ3v) is 7.05. The number of rotatable bonds is 7. The van der Waals surface area contributed by atoms with Crippen LogP contribution in [-0.2, 0) is 4.79 Å². The van der Waals surface area contributed by atoms with Gasteiger partial charge in [0.15, 0.2) is 10.8 Å². The van der Waals surface area contributed by atoms with Gasteiger partial charge in [-0.25, -0.2) is 4.68 Å². The smallest absolute Gasteiger partial charge is 0.239 e. The van der Waals surface area contributed by atoms with Crippen LogP contribution in [0.15, 0.2) is 24.3 Å². The first-order valence-corrected chi connectivity index (χ1v) is 12.0. The van der Waals surface area contributed by atoms with Gasteiger partial charge in [0.25, 0.3) is 0 Å². The van der Waals surface area contributed by atoms with E-state index in [-0.39, 0.29) is 5.91 Å². The highest BCUT2D eigenvalue weighted by Gasteiger charge is 2.18. The summed E-state index contributed by atoms with van der Waals surface area (Å²) in [5.74, 6) is 0.0358. The van der Waals surface area contributed by atoms with Crippen molar-refractivity contribution in [1.82, 2.24) is 25.0 Å². The molecule has 0 unspecified atom stereocenters. The fourth-order valence-corrected chi connectivity index (χ4v) is 5.03. The van der Waals surface area contributed by atoms with E-state index in [0.29, 0.717) is 13.1 Å². The van der Waals surface area contributed by atoms with Crippen LogP contribution in [0.25, 0.3) is 16.0 Å². The van der Waals surface area contributed by atoms with Crippen molar-refractivity contribution in [2.45, 2.75) is 39.5 Å². The number of likely N-dealkylation sites (N-methyl/N-ethyl adjacent to an activating group) is 1. The van der Waals surface area contributed by atoms with Crippen LogP contribution >= 0.6 is 11.3 Å². The zero-order chi connectivity index (χ0) is 21.8. The van der Waals surface area contributed by atoms with Gasteiger partial charge in [-0.3, -0.25) is 4.79 Å². The van der Waals surface area contributed by atoms with Crippen molar-refractivity contribution in [3.8, 4) is 5.69 Å². The van der Waals surface area contributed by atoms with Crippen molar-refractivity contribution in [3.05, 3.63) is 35.5 Å². The van der Waals surface area contributed by atoms with Gasteiger partial charge in [0.05, 0.1) is 22.6 Å². The molecule has 1 saturated heterocycles. The minimum Gasteiger partial charge on any atom is -0.353 e. The van der Waals surface area contributed by atoms with Gasteiger partial charge < -0.3 is 15.1 Å². The second-order valence-corrected chi connectivity index (χ2v) is 9.42. The van der Waals surface area contributed by atoms with E-state index < -0.39 is 0 Å². The fraction of sp³-hybridized carbons (Fsp3) is 0.522. The summed E-state index contributed by atoms with van der Waals surface area (Å²) < 4.78 is 2.96. The molecule has 1 N–H and O–H groups in total. The van der Waals surface area contributed by atoms with Gasteiger partial charge in [-0.2, -0.15) is 10.1 Å². The second-order valence-electron chi connectivity index (χ2n) is 8.45. The number of hydrogen-bond acceptors (Lipinski definition) is 6. The Morgan fingerprint density at radius 1 is 1.19 bits per heavy atom. The Bertz CT molecular complexity index is 1030. The molecule has 31 heavy (non-hydrogen) atoms. The van der Waals surface area contributed by atoms with E-state index in [4.69, 9.17) is 4.98 Å². The van der Waals surface area contributed by atoms with Gasteiger partial charge in [0, 0.05) is 20.1 Å². The van der Waals surface area contributed by atoms with Crippen molar-refractivity contribution >= 4 is 32.7 Å². The Morgan fingerprint density at radius 3 is 2.71 bits per heavy atom. The van der Waals surface area contributed by atoms with Gasteiger partial charge in [-0.05, 0) is 57.5 Å². The topological polar surface area (TPSA) is 66.3 Å². The molecule has 2 aromatic heterocycles. The number of fused-ring (bicyclic) bond motifs is 1. The van der Waals surface area contributed by atoms with Crippen molar-refractivity contribution < 1.29 is 4.79 Å². The third kappa shape index (κ3) is 5.25. The number of aryl methyl sites for hydroxylation is 2. The lowest BCUT2D eigenvalue weighted by molar-refractivity contribution is -0.119. The number of nitrogens with zero attached hydrogens (tertiary/aromatic N) is 5. The molecule has 0 atom stereocenters. The number of hydrogen-bond donors (Lipinski definition) is 1. The summed E-state index contributed by atoms with van der Waals surface area (Å²) >= 11 is 1.59. The predicted octanol–water partition coefficient (Wildman–Crippen LogP) is 3.53. The van der Waals surface area contributed by atoms with E-state index in [0.717, 1.165) is 46.5 Å². The van der Waals surface area contributed by atoms with E-state index in [1.54, 1.807) is 11.3 Å². The molecular weight excluding hydrogens is 408 g/mol. The van der Waals surface area contributed by atoms with Gasteiger partial charge in [0.2, 0.25) is 5.91 Å². The molecule has 0 aliphatic carbocycles. The number of aromatic nitrogens is 3. The standard InChI is InChI=1S/C23H32N6OS/c1-17-9-8-10-19(15-17)29-22-21(18(2)26-29)31-23(25-22)27(3)16-20(30)24-11-14-28-12-6-4-5-7-13-28/h8-10,15H,4-7,11-14,16H2,1-3H3,(H,24,30). The molecule has 7 nitrogen and oxygen atoms in total. The molecular formula is C23H32N6OS. The van der Waals surface area contributed by atoms with Gasteiger partial charge in [0.1, 0.15) is 0 Å². The quantitative estimate of drug-likeness (QED) is 0.609. The lowest BCUT2D eigenvalue weighted by Crippen LogP contribution is -2.39. The summed E-state index contributed by atoms with van der Waals surface area (Å²) in [5.41, 5.74) is 3.99. The Morgan fingerprint density at radius 2 is 1.97 bits per heavy atom. The van der Waals surface area contributed by atoms with Gasteiger partial charge in [-0.15, -0.1) is 0 Å². The highest BCUT2D eigenvalue weighted by molar-refractivity contribution is 7.22. The second kappa shape index (κ2) is 9.78. The van der Waals surface area contributed by atoms with Crippen LogP contribution in [0.4, 0.5) is 5.13 Å². The SMILES string of the molecule is Cc1cccc(-n2nc(C)c3sc(N(C)CC(=O)NCCN4CCCCCC4)nc32)c1. The van der Waals surface area contributed by atoms with E-state index in [1.807, 2.05) is 35.7 Å². The summed E-state index contributed by atoms with van der Waals surface area (Å²) in [6.07, 6.45) is 5.20. The van der Waals surface area contributed by atoms with Crippen LogP contribution < -0.4 is 10.2 Å². The van der Waals surface area contributed by atoms with E-state index in [1.165, 1.54) is 31.2 Å². The Kier molecular flexibility index (Phi) is 6.87. The number of nitrogens with one attached hydrogen (secondary N) is 1. The van der Waals surface area contributed by atoms with Crippen molar-refractivity contribution in [2.75, 3.05) is 44.7 Å². The lowest BCUT2D eigenvalue weighted by Gasteiger charge is -2.20. The van der Waals surface area contributed by atoms with Crippen LogP contribution in [0.5, 0.6) is 0 Å². The van der Waals surface area contributed by atoms with E-state index in [2.05, 4.69) is 34.4 Å². The van der Waals surface area contributed by atoms with Crippen molar-refractivity contribution in [2.24, 2.45) is 0 Å². The maximum absolute atomic E-state index is 12.5. The Labute approximate surface area is 188 Å². The van der Waals surface area contributed by atoms with Crippen LogP contribution in [-0.4, -0.2) is 65.3 Å². The number of carbonyl (C=O) groups excluding carboxylic acids is 1. The first kappa shape index (κ1) is 21.8. The molecule has 0 bridgehead atoms. The average Bonchev–Trinajstić information content (AvgIpc) is 3.19. The summed E-state index contributed by atoms with van der Waals surface area (Å²) in [6, 6.07) is 8.25. The number of anilines is 1. The molecule has 0 radical (unpaired) electrons. The molecule has 166 valence electrons. The summed E-state index contributed by atoms with van der Waals surface area (Å²) in [7, 11) is 1.92. The van der Waals surface area contributed by atoms with Gasteiger partial charge >= 0.3 is 0 Å². The van der Waals surface area contributed by atoms with E-state index in [9.17, 15) is 4.79 Å². The largest absolute Gasteiger partial charge is 0.353 e.